The molecule has 68 valence electrons. The molecule has 0 radical (unpaired) electrons. The van der Waals surface area contributed by atoms with Crippen LogP contribution in [-0.2, 0) is 0 Å². The highest BCUT2D eigenvalue weighted by atomic mass is 16.5. The summed E-state index contributed by atoms with van der Waals surface area (Å²) in [6.07, 6.45) is 0.685. The third kappa shape index (κ3) is 1.44. The molecule has 1 aromatic carbocycles. The van der Waals surface area contributed by atoms with Crippen molar-refractivity contribution < 1.29 is 4.74 Å². The second kappa shape index (κ2) is 2.59. The maximum atomic E-state index is 7.85. The van der Waals surface area contributed by atoms with E-state index in [9.17, 15) is 0 Å². The first-order valence-electron chi connectivity index (χ1n) is 4.44. The first kappa shape index (κ1) is 8.30. The Morgan fingerprint density at radius 1 is 1.31 bits per heavy atom. The van der Waals surface area contributed by atoms with E-state index in [1.54, 1.807) is 0 Å². The van der Waals surface area contributed by atoms with Gasteiger partial charge in [0, 0.05) is 17.7 Å². The van der Waals surface area contributed by atoms with E-state index in [-0.39, 0.29) is 5.60 Å². The van der Waals surface area contributed by atoms with Crippen LogP contribution in [0.3, 0.4) is 0 Å². The summed E-state index contributed by atoms with van der Waals surface area (Å²) in [4.78, 5) is 0. The maximum Gasteiger partial charge on any atom is 0.129 e. The zero-order valence-corrected chi connectivity index (χ0v) is 7.92. The molecule has 0 amide bonds. The normalized spacial score (nSPS) is 19.1. The Hall–Kier alpha value is -1.31. The van der Waals surface area contributed by atoms with E-state index in [1.165, 1.54) is 0 Å². The predicted octanol–water partition coefficient (Wildman–Crippen LogP) is 2.62. The Morgan fingerprint density at radius 2 is 2.00 bits per heavy atom. The fraction of sp³-hybridized carbons (Fsp3) is 0.364. The van der Waals surface area contributed by atoms with Crippen molar-refractivity contribution in [2.24, 2.45) is 0 Å². The Bertz CT molecular complexity index is 355. The van der Waals surface area contributed by atoms with E-state index < -0.39 is 0 Å². The van der Waals surface area contributed by atoms with Gasteiger partial charge in [0.2, 0.25) is 0 Å². The van der Waals surface area contributed by atoms with Crippen molar-refractivity contribution in [2.75, 3.05) is 0 Å². The summed E-state index contributed by atoms with van der Waals surface area (Å²) in [6.45, 7) is 4.02. The molecule has 0 aliphatic carbocycles. The molecule has 2 rings (SSSR count). The summed E-state index contributed by atoms with van der Waals surface area (Å²) >= 11 is 0. The molecule has 13 heavy (non-hydrogen) atoms. The van der Waals surface area contributed by atoms with Gasteiger partial charge in [0.05, 0.1) is 0 Å². The third-order valence-corrected chi connectivity index (χ3v) is 2.20. The van der Waals surface area contributed by atoms with Crippen molar-refractivity contribution in [3.63, 3.8) is 0 Å². The van der Waals surface area contributed by atoms with Gasteiger partial charge < -0.3 is 10.1 Å². The molecular weight excluding hydrogens is 162 g/mol. The molecule has 0 atom stereocenters. The Balaban J connectivity index is 2.49. The molecule has 1 N–H and O–H groups in total. The van der Waals surface area contributed by atoms with E-state index >= 15 is 0 Å². The van der Waals surface area contributed by atoms with Crippen LogP contribution in [0.5, 0.6) is 5.75 Å². The zero-order valence-electron chi connectivity index (χ0n) is 7.92. The van der Waals surface area contributed by atoms with Crippen LogP contribution in [0.25, 0.3) is 0 Å². The predicted molar refractivity (Wildman–Crippen MR) is 52.6 cm³/mol. The Morgan fingerprint density at radius 3 is 2.77 bits per heavy atom. The fourth-order valence-electron chi connectivity index (χ4n) is 1.66. The minimum absolute atomic E-state index is 0.231. The Kier molecular flexibility index (Phi) is 1.65. The molecule has 1 aliphatic heterocycles. The average molecular weight is 175 g/mol. The van der Waals surface area contributed by atoms with Crippen LogP contribution in [-0.4, -0.2) is 11.3 Å². The molecule has 0 bridgehead atoms. The zero-order chi connectivity index (χ0) is 9.47. The summed E-state index contributed by atoms with van der Waals surface area (Å²) in [5.74, 6) is 0.837. The monoisotopic (exact) mass is 175 g/mol. The molecule has 0 spiro atoms. The lowest BCUT2D eigenvalue weighted by atomic mass is 9.93. The van der Waals surface area contributed by atoms with Crippen molar-refractivity contribution in [3.05, 3.63) is 29.8 Å². The van der Waals surface area contributed by atoms with Gasteiger partial charge in [-0.15, -0.1) is 0 Å². The molecule has 0 aromatic heterocycles. The van der Waals surface area contributed by atoms with Gasteiger partial charge in [0.1, 0.15) is 11.4 Å². The minimum atomic E-state index is -0.231. The van der Waals surface area contributed by atoms with Crippen LogP contribution in [0.15, 0.2) is 24.3 Å². The molecular formula is C11H13NO. The SMILES string of the molecule is CC1(C)CC(=N)c2ccccc2O1. The first-order valence-corrected chi connectivity index (χ1v) is 4.44. The molecule has 0 fully saturated rings. The van der Waals surface area contributed by atoms with Gasteiger partial charge in [-0.05, 0) is 26.0 Å². The topological polar surface area (TPSA) is 33.1 Å². The second-order valence-corrected chi connectivity index (χ2v) is 4.01. The number of hydrogen-bond acceptors (Lipinski definition) is 2. The van der Waals surface area contributed by atoms with Crippen LogP contribution < -0.4 is 4.74 Å². The first-order chi connectivity index (χ1) is 6.08. The molecule has 1 heterocycles. The van der Waals surface area contributed by atoms with E-state index in [1.807, 2.05) is 38.1 Å². The van der Waals surface area contributed by atoms with Crippen LogP contribution in [0.1, 0.15) is 25.8 Å². The van der Waals surface area contributed by atoms with Crippen molar-refractivity contribution in [1.82, 2.24) is 0 Å². The van der Waals surface area contributed by atoms with E-state index in [4.69, 9.17) is 10.1 Å². The molecule has 2 heteroatoms. The highest BCUT2D eigenvalue weighted by Crippen LogP contribution is 2.32. The van der Waals surface area contributed by atoms with Crippen molar-refractivity contribution >= 4 is 5.71 Å². The highest BCUT2D eigenvalue weighted by molar-refractivity contribution is 6.02. The van der Waals surface area contributed by atoms with Gasteiger partial charge in [0.15, 0.2) is 0 Å². The highest BCUT2D eigenvalue weighted by Gasteiger charge is 2.29. The van der Waals surface area contributed by atoms with Gasteiger partial charge in [-0.2, -0.15) is 0 Å². The average Bonchev–Trinajstić information content (AvgIpc) is 2.02. The second-order valence-electron chi connectivity index (χ2n) is 4.01. The maximum absolute atomic E-state index is 7.85. The number of hydrogen-bond donors (Lipinski definition) is 1. The number of nitrogens with one attached hydrogen (secondary N) is 1. The largest absolute Gasteiger partial charge is 0.487 e. The van der Waals surface area contributed by atoms with Gasteiger partial charge in [-0.3, -0.25) is 0 Å². The minimum Gasteiger partial charge on any atom is -0.487 e. The van der Waals surface area contributed by atoms with Crippen LogP contribution in [0.4, 0.5) is 0 Å². The van der Waals surface area contributed by atoms with E-state index in [0.29, 0.717) is 12.1 Å². The van der Waals surface area contributed by atoms with E-state index in [0.717, 1.165) is 11.3 Å². The molecule has 2 nitrogen and oxygen atoms in total. The van der Waals surface area contributed by atoms with Crippen molar-refractivity contribution in [3.8, 4) is 5.75 Å². The van der Waals surface area contributed by atoms with E-state index in [2.05, 4.69) is 0 Å². The lowest BCUT2D eigenvalue weighted by Crippen LogP contribution is -2.35. The van der Waals surface area contributed by atoms with Crippen molar-refractivity contribution in [1.29, 1.82) is 5.41 Å². The number of benzene rings is 1. The summed E-state index contributed by atoms with van der Waals surface area (Å²) in [6, 6.07) is 7.74. The lowest BCUT2D eigenvalue weighted by Gasteiger charge is -2.32. The third-order valence-electron chi connectivity index (χ3n) is 2.20. The van der Waals surface area contributed by atoms with Gasteiger partial charge in [-0.25, -0.2) is 0 Å². The van der Waals surface area contributed by atoms with Crippen molar-refractivity contribution in [2.45, 2.75) is 25.9 Å². The number of para-hydroxylation sites is 1. The molecule has 1 aliphatic rings. The van der Waals surface area contributed by atoms with Gasteiger partial charge >= 0.3 is 0 Å². The lowest BCUT2D eigenvalue weighted by molar-refractivity contribution is 0.111. The molecule has 0 unspecified atom stereocenters. The molecule has 1 aromatic rings. The van der Waals surface area contributed by atoms with Gasteiger partial charge in [-0.1, -0.05) is 12.1 Å². The number of fused-ring (bicyclic) bond motifs is 1. The summed E-state index contributed by atoms with van der Waals surface area (Å²) in [7, 11) is 0. The fourth-order valence-corrected chi connectivity index (χ4v) is 1.66. The van der Waals surface area contributed by atoms with Crippen LogP contribution >= 0.6 is 0 Å². The summed E-state index contributed by atoms with van der Waals surface area (Å²) < 4.78 is 5.75. The quantitative estimate of drug-likeness (QED) is 0.646. The van der Waals surface area contributed by atoms with Crippen LogP contribution in [0.2, 0.25) is 0 Å². The smallest absolute Gasteiger partial charge is 0.129 e. The number of rotatable bonds is 0. The summed E-state index contributed by atoms with van der Waals surface area (Å²) in [5.41, 5.74) is 1.37. The molecule has 0 saturated heterocycles. The van der Waals surface area contributed by atoms with Crippen LogP contribution in [0, 0.1) is 5.41 Å². The molecule has 0 saturated carbocycles. The standard InChI is InChI=1S/C11H13NO/c1-11(2)7-9(12)8-5-3-4-6-10(8)13-11/h3-6,12H,7H2,1-2H3. The number of ether oxygens (including phenoxy) is 1. The summed E-state index contributed by atoms with van der Waals surface area (Å²) in [5, 5.41) is 7.85. The Labute approximate surface area is 78.0 Å². The van der Waals surface area contributed by atoms with Gasteiger partial charge in [0.25, 0.3) is 0 Å².